The van der Waals surface area contributed by atoms with Crippen LogP contribution in [-0.2, 0) is 23.0 Å². The summed E-state index contributed by atoms with van der Waals surface area (Å²) in [5.41, 5.74) is 6.48. The molecule has 0 atom stereocenters. The summed E-state index contributed by atoms with van der Waals surface area (Å²) >= 11 is 0. The summed E-state index contributed by atoms with van der Waals surface area (Å²) in [5.74, 6) is -0.475. The number of nitrogens with two attached hydrogens (primary N) is 1. The zero-order valence-corrected chi connectivity index (χ0v) is 20.2. The fourth-order valence-electron chi connectivity index (χ4n) is 4.02. The van der Waals surface area contributed by atoms with Crippen LogP contribution in [0.5, 0.6) is 0 Å². The molecule has 0 saturated carbocycles. The summed E-state index contributed by atoms with van der Waals surface area (Å²) in [6.07, 6.45) is 3.15. The smallest absolute Gasteiger partial charge is 0.330 e. The Kier molecular flexibility index (Phi) is 7.01. The summed E-state index contributed by atoms with van der Waals surface area (Å²) in [4.78, 5) is 42.3. The number of fused-ring (bicyclic) bond motifs is 1. The number of benzene rings is 1. The molecular weight excluding hydrogens is 446 g/mol. The van der Waals surface area contributed by atoms with Crippen LogP contribution in [0.2, 0.25) is 0 Å². The van der Waals surface area contributed by atoms with Crippen LogP contribution >= 0.6 is 0 Å². The van der Waals surface area contributed by atoms with Crippen LogP contribution in [0.15, 0.2) is 27.8 Å². The lowest BCUT2D eigenvalue weighted by molar-refractivity contribution is 0.0983. The van der Waals surface area contributed by atoms with Crippen molar-refractivity contribution in [3.05, 3.63) is 50.2 Å². The van der Waals surface area contributed by atoms with E-state index in [9.17, 15) is 22.8 Å². The van der Waals surface area contributed by atoms with Crippen LogP contribution in [-0.4, -0.2) is 43.2 Å². The Hall–Kier alpha value is -3.08. The van der Waals surface area contributed by atoms with Crippen LogP contribution in [0.3, 0.4) is 0 Å². The second kappa shape index (κ2) is 9.42. The number of amides is 1. The molecule has 33 heavy (non-hydrogen) atoms. The number of aromatic nitrogens is 2. The molecule has 3 rings (SSSR count). The molecule has 1 aromatic carbocycles. The SMILES string of the molecule is CCCCn1c(N)c(N(CC(C)C)C(=O)c2ccc3c(c2)CCN3S(C)(=O)=O)c(=O)[nH]c1=O. The zero-order chi connectivity index (χ0) is 24.5. The molecule has 1 amide bonds. The number of hydrogen-bond donors (Lipinski definition) is 2. The lowest BCUT2D eigenvalue weighted by Crippen LogP contribution is -2.42. The number of nitrogens with zero attached hydrogens (tertiary/aromatic N) is 3. The number of nitrogen functional groups attached to an aromatic ring is 1. The first-order valence-corrected chi connectivity index (χ1v) is 12.9. The molecule has 2 heterocycles. The lowest BCUT2D eigenvalue weighted by atomic mass is 10.1. The molecule has 10 nitrogen and oxygen atoms in total. The molecule has 1 aromatic heterocycles. The fraction of sp³-hybridized carbons (Fsp3) is 0.500. The highest BCUT2D eigenvalue weighted by atomic mass is 32.2. The van der Waals surface area contributed by atoms with Crippen molar-refractivity contribution >= 4 is 33.1 Å². The average molecular weight is 478 g/mol. The fourth-order valence-corrected chi connectivity index (χ4v) is 4.98. The molecule has 1 aliphatic heterocycles. The quantitative estimate of drug-likeness (QED) is 0.591. The third kappa shape index (κ3) is 4.97. The number of aromatic amines is 1. The van der Waals surface area contributed by atoms with Crippen molar-refractivity contribution in [2.24, 2.45) is 5.92 Å². The first-order valence-electron chi connectivity index (χ1n) is 11.0. The predicted octanol–water partition coefficient (Wildman–Crippen LogP) is 1.54. The number of hydrogen-bond acceptors (Lipinski definition) is 6. The Morgan fingerprint density at radius 2 is 1.97 bits per heavy atom. The van der Waals surface area contributed by atoms with Gasteiger partial charge in [-0.25, -0.2) is 13.2 Å². The topological polar surface area (TPSA) is 139 Å². The van der Waals surface area contributed by atoms with Gasteiger partial charge in [0.05, 0.1) is 11.9 Å². The number of H-pyrrole nitrogens is 1. The van der Waals surface area contributed by atoms with E-state index in [1.165, 1.54) is 13.8 Å². The summed E-state index contributed by atoms with van der Waals surface area (Å²) in [5, 5.41) is 0. The van der Waals surface area contributed by atoms with Crippen LogP contribution in [0.1, 0.15) is 49.5 Å². The van der Waals surface area contributed by atoms with Crippen LogP contribution in [0, 0.1) is 5.92 Å². The Labute approximate surface area is 193 Å². The Balaban J connectivity index is 2.08. The van der Waals surface area contributed by atoms with Crippen LogP contribution in [0.25, 0.3) is 0 Å². The van der Waals surface area contributed by atoms with Crippen molar-refractivity contribution in [2.45, 2.75) is 46.6 Å². The number of unbranched alkanes of at least 4 members (excludes halogenated alkanes) is 1. The van der Waals surface area contributed by atoms with Gasteiger partial charge in [-0.05, 0) is 42.5 Å². The molecule has 0 fully saturated rings. The van der Waals surface area contributed by atoms with E-state index in [2.05, 4.69) is 4.98 Å². The highest BCUT2D eigenvalue weighted by Crippen LogP contribution is 2.31. The van der Waals surface area contributed by atoms with Crippen molar-refractivity contribution in [2.75, 3.05) is 34.3 Å². The zero-order valence-electron chi connectivity index (χ0n) is 19.4. The minimum atomic E-state index is -3.41. The molecule has 0 bridgehead atoms. The van der Waals surface area contributed by atoms with E-state index in [1.807, 2.05) is 20.8 Å². The van der Waals surface area contributed by atoms with Crippen molar-refractivity contribution in [1.29, 1.82) is 0 Å². The van der Waals surface area contributed by atoms with Crippen molar-refractivity contribution in [3.63, 3.8) is 0 Å². The number of carbonyl (C=O) groups is 1. The van der Waals surface area contributed by atoms with Gasteiger partial charge < -0.3 is 10.6 Å². The first-order chi connectivity index (χ1) is 15.5. The van der Waals surface area contributed by atoms with E-state index in [0.717, 1.165) is 18.2 Å². The van der Waals surface area contributed by atoms with Gasteiger partial charge in [-0.3, -0.25) is 23.4 Å². The van der Waals surface area contributed by atoms with E-state index in [1.54, 1.807) is 18.2 Å². The molecule has 2 aromatic rings. The van der Waals surface area contributed by atoms with E-state index < -0.39 is 27.2 Å². The van der Waals surface area contributed by atoms with Gasteiger partial charge in [-0.2, -0.15) is 0 Å². The Morgan fingerprint density at radius 3 is 2.58 bits per heavy atom. The molecule has 0 aliphatic carbocycles. The van der Waals surface area contributed by atoms with Crippen molar-refractivity contribution in [3.8, 4) is 0 Å². The van der Waals surface area contributed by atoms with E-state index in [0.29, 0.717) is 37.2 Å². The van der Waals surface area contributed by atoms with Gasteiger partial charge in [0.25, 0.3) is 11.5 Å². The second-order valence-electron chi connectivity index (χ2n) is 8.74. The van der Waals surface area contributed by atoms with E-state index in [4.69, 9.17) is 5.73 Å². The highest BCUT2D eigenvalue weighted by Gasteiger charge is 2.30. The Bertz CT molecular complexity index is 1280. The maximum Gasteiger partial charge on any atom is 0.330 e. The second-order valence-corrected chi connectivity index (χ2v) is 10.6. The third-order valence-electron chi connectivity index (χ3n) is 5.59. The standard InChI is InChI=1S/C22H31N5O5S/c1-5-6-10-25-19(23)18(20(28)24-22(25)30)26(13-14(2)3)21(29)16-7-8-17-15(12-16)9-11-27(17)33(4,31)32/h7-8,12,14H,5-6,9-11,13,23H2,1-4H3,(H,24,28,30). The van der Waals surface area contributed by atoms with Crippen LogP contribution < -0.4 is 26.2 Å². The molecule has 0 unspecified atom stereocenters. The van der Waals surface area contributed by atoms with Gasteiger partial charge in [-0.15, -0.1) is 0 Å². The molecule has 3 N–H and O–H groups in total. The van der Waals surface area contributed by atoms with Gasteiger partial charge in [-0.1, -0.05) is 27.2 Å². The monoisotopic (exact) mass is 477 g/mol. The average Bonchev–Trinajstić information content (AvgIpc) is 3.15. The maximum atomic E-state index is 13.6. The predicted molar refractivity (Wildman–Crippen MR) is 129 cm³/mol. The molecule has 0 spiro atoms. The summed E-state index contributed by atoms with van der Waals surface area (Å²) in [6.45, 7) is 6.64. The number of anilines is 3. The largest absolute Gasteiger partial charge is 0.383 e. The van der Waals surface area contributed by atoms with Gasteiger partial charge in [0.2, 0.25) is 10.0 Å². The summed E-state index contributed by atoms with van der Waals surface area (Å²) in [7, 11) is -3.41. The van der Waals surface area contributed by atoms with Crippen molar-refractivity contribution in [1.82, 2.24) is 9.55 Å². The number of rotatable bonds is 8. The van der Waals surface area contributed by atoms with Crippen molar-refractivity contribution < 1.29 is 13.2 Å². The molecule has 0 radical (unpaired) electrons. The van der Waals surface area contributed by atoms with Gasteiger partial charge in [0, 0.05) is 25.2 Å². The maximum absolute atomic E-state index is 13.6. The minimum absolute atomic E-state index is 0.0129. The lowest BCUT2D eigenvalue weighted by Gasteiger charge is -2.26. The normalized spacial score (nSPS) is 13.4. The highest BCUT2D eigenvalue weighted by molar-refractivity contribution is 7.92. The summed E-state index contributed by atoms with van der Waals surface area (Å²) in [6, 6.07) is 4.82. The molecule has 1 aliphatic rings. The van der Waals surface area contributed by atoms with Gasteiger partial charge in [0.1, 0.15) is 5.82 Å². The minimum Gasteiger partial charge on any atom is -0.383 e. The molecule has 0 saturated heterocycles. The Morgan fingerprint density at radius 1 is 1.27 bits per heavy atom. The number of carbonyl (C=O) groups excluding carboxylic acids is 1. The van der Waals surface area contributed by atoms with E-state index in [-0.39, 0.29) is 24.0 Å². The molecular formula is C22H31N5O5S. The van der Waals surface area contributed by atoms with E-state index >= 15 is 0 Å². The van der Waals surface area contributed by atoms with Gasteiger partial charge >= 0.3 is 5.69 Å². The number of sulfonamides is 1. The first kappa shape index (κ1) is 24.6. The summed E-state index contributed by atoms with van der Waals surface area (Å²) < 4.78 is 26.6. The molecule has 11 heteroatoms. The van der Waals surface area contributed by atoms with Crippen LogP contribution in [0.4, 0.5) is 17.2 Å². The molecule has 180 valence electrons. The third-order valence-corrected chi connectivity index (χ3v) is 6.77. The van der Waals surface area contributed by atoms with Gasteiger partial charge in [0.15, 0.2) is 5.69 Å². The number of nitrogens with one attached hydrogen (secondary N) is 1.